The van der Waals surface area contributed by atoms with Gasteiger partial charge in [-0.15, -0.1) is 0 Å². The fraction of sp³-hybridized carbons (Fsp3) is 0.233. The first-order valence-corrected chi connectivity index (χ1v) is 12.8. The number of Topliss-reactive ketones (excluding diaryl/α,β-unsaturated/α-hetero) is 1. The summed E-state index contributed by atoms with van der Waals surface area (Å²) in [5, 5.41) is 53.9. The topological polar surface area (TPSA) is 136 Å². The van der Waals surface area contributed by atoms with Crippen LogP contribution in [0.4, 0.5) is 0 Å². The van der Waals surface area contributed by atoms with E-state index in [4.69, 9.17) is 17.0 Å². The Morgan fingerprint density at radius 2 is 1.64 bits per heavy atom. The molecule has 1 aliphatic rings. The molecule has 8 nitrogen and oxygen atoms in total. The van der Waals surface area contributed by atoms with E-state index in [1.165, 1.54) is 11.5 Å². The number of aliphatic hydroxyl groups is 4. The van der Waals surface area contributed by atoms with Crippen LogP contribution in [-0.4, -0.2) is 61.8 Å². The average Bonchev–Trinajstić information content (AvgIpc) is 2.96. The number of benzene rings is 3. The van der Waals surface area contributed by atoms with Gasteiger partial charge in [-0.2, -0.15) is 5.26 Å². The molecule has 4 N–H and O–H groups in total. The number of carbonyl (C=O) groups is 1. The van der Waals surface area contributed by atoms with Gasteiger partial charge in [-0.1, -0.05) is 85.0 Å². The van der Waals surface area contributed by atoms with Crippen molar-refractivity contribution in [3.8, 4) is 28.5 Å². The van der Waals surface area contributed by atoms with Crippen molar-refractivity contribution >= 4 is 28.8 Å². The zero-order valence-corrected chi connectivity index (χ0v) is 21.7. The number of ether oxygens (including phenoxy) is 1. The van der Waals surface area contributed by atoms with E-state index >= 15 is 0 Å². The lowest BCUT2D eigenvalue weighted by molar-refractivity contribution is -0.251. The molecule has 5 rings (SSSR count). The number of ketones is 1. The highest BCUT2D eigenvalue weighted by Crippen LogP contribution is 2.42. The molecular weight excluding hydrogens is 516 g/mol. The third-order valence-electron chi connectivity index (χ3n) is 7.10. The van der Waals surface area contributed by atoms with Gasteiger partial charge in [0.2, 0.25) is 0 Å². The molecule has 1 fully saturated rings. The number of rotatable bonds is 5. The summed E-state index contributed by atoms with van der Waals surface area (Å²) >= 11 is 5.84. The summed E-state index contributed by atoms with van der Waals surface area (Å²) in [6, 6.07) is 24.2. The standard InChI is InChI=1S/C30H26N2O6S/c1-16(34)23-24(20-13-7-11-17-8-5-6-12-19(17)20)21(14-31)30(39)32(25(23)18-9-3-2-4-10-18)29-28(37)27(36)26(35)22(15-33)38-29/h2-13,22,26-29,33,35-37H,15H2,1H3/t22-,26+,27+,28-,29-/m0/s1. The average molecular weight is 543 g/mol. The number of aromatic nitrogens is 1. The highest BCUT2D eigenvalue weighted by molar-refractivity contribution is 7.71. The summed E-state index contributed by atoms with van der Waals surface area (Å²) in [4.78, 5) is 13.5. The third-order valence-corrected chi connectivity index (χ3v) is 7.50. The summed E-state index contributed by atoms with van der Waals surface area (Å²) in [6.07, 6.45) is -7.60. The second-order valence-electron chi connectivity index (χ2n) is 9.43. The molecule has 0 amide bonds. The number of hydrogen-bond acceptors (Lipinski definition) is 8. The molecule has 5 atom stereocenters. The van der Waals surface area contributed by atoms with Gasteiger partial charge >= 0.3 is 0 Å². The van der Waals surface area contributed by atoms with Gasteiger partial charge in [0, 0.05) is 5.56 Å². The number of fused-ring (bicyclic) bond motifs is 1. The molecule has 0 saturated carbocycles. The molecule has 0 spiro atoms. The summed E-state index contributed by atoms with van der Waals surface area (Å²) in [7, 11) is 0. The van der Waals surface area contributed by atoms with E-state index in [0.29, 0.717) is 16.7 Å². The molecule has 9 heteroatoms. The molecule has 1 saturated heterocycles. The van der Waals surface area contributed by atoms with Crippen LogP contribution in [0.15, 0.2) is 72.8 Å². The van der Waals surface area contributed by atoms with Gasteiger partial charge < -0.3 is 29.7 Å². The van der Waals surface area contributed by atoms with Crippen LogP contribution in [-0.2, 0) is 4.74 Å². The maximum Gasteiger partial charge on any atom is 0.164 e. The predicted molar refractivity (Wildman–Crippen MR) is 147 cm³/mol. The first-order valence-electron chi connectivity index (χ1n) is 12.4. The van der Waals surface area contributed by atoms with E-state index < -0.39 is 37.3 Å². The van der Waals surface area contributed by atoms with E-state index in [1.807, 2.05) is 42.5 Å². The molecule has 0 bridgehead atoms. The minimum absolute atomic E-state index is 0.0168. The molecule has 3 aromatic carbocycles. The summed E-state index contributed by atoms with van der Waals surface area (Å²) in [6.45, 7) is 0.742. The SMILES string of the molecule is CC(=O)c1c(-c2cccc3ccccc23)c(C#N)c(=S)n([C@H]2O[C@@H](CO)[C@@H](O)[C@@H](O)[C@@H]2O)c1-c1ccccc1. The monoisotopic (exact) mass is 542 g/mol. The lowest BCUT2D eigenvalue weighted by Crippen LogP contribution is -2.56. The summed E-state index contributed by atoms with van der Waals surface area (Å²) in [5.74, 6) is -0.360. The maximum atomic E-state index is 13.5. The fourth-order valence-electron chi connectivity index (χ4n) is 5.27. The number of nitrogens with zero attached hydrogens (tertiary/aromatic N) is 2. The number of pyridine rings is 1. The van der Waals surface area contributed by atoms with E-state index in [0.717, 1.165) is 10.8 Å². The first-order chi connectivity index (χ1) is 18.8. The van der Waals surface area contributed by atoms with Crippen LogP contribution in [0.25, 0.3) is 33.2 Å². The highest BCUT2D eigenvalue weighted by Gasteiger charge is 2.45. The largest absolute Gasteiger partial charge is 0.394 e. The molecule has 198 valence electrons. The van der Waals surface area contributed by atoms with Crippen molar-refractivity contribution in [1.82, 2.24) is 4.57 Å². The molecular formula is C30H26N2O6S. The van der Waals surface area contributed by atoms with Gasteiger partial charge in [0.15, 0.2) is 12.0 Å². The molecule has 0 radical (unpaired) electrons. The van der Waals surface area contributed by atoms with Gasteiger partial charge in [0.1, 0.15) is 35.1 Å². The summed E-state index contributed by atoms with van der Waals surface area (Å²) in [5.41, 5.74) is 2.02. The predicted octanol–water partition coefficient (Wildman–Crippen LogP) is 3.75. The number of nitriles is 1. The smallest absolute Gasteiger partial charge is 0.164 e. The Morgan fingerprint density at radius 1 is 0.974 bits per heavy atom. The zero-order chi connectivity index (χ0) is 27.8. The second kappa shape index (κ2) is 10.8. The van der Waals surface area contributed by atoms with Crippen molar-refractivity contribution in [2.24, 2.45) is 0 Å². The van der Waals surface area contributed by atoms with Gasteiger partial charge in [0.05, 0.1) is 23.4 Å². The zero-order valence-electron chi connectivity index (χ0n) is 20.9. The van der Waals surface area contributed by atoms with Gasteiger partial charge in [0.25, 0.3) is 0 Å². The number of aliphatic hydroxyl groups excluding tert-OH is 4. The van der Waals surface area contributed by atoms with Crippen molar-refractivity contribution in [2.45, 2.75) is 37.6 Å². The van der Waals surface area contributed by atoms with Crippen LogP contribution in [0.1, 0.15) is 29.1 Å². The van der Waals surface area contributed by atoms with Crippen molar-refractivity contribution in [2.75, 3.05) is 6.61 Å². The van der Waals surface area contributed by atoms with Crippen LogP contribution < -0.4 is 0 Å². The van der Waals surface area contributed by atoms with E-state index in [-0.39, 0.29) is 27.2 Å². The quantitative estimate of drug-likeness (QED) is 0.221. The third kappa shape index (κ3) is 4.47. The van der Waals surface area contributed by atoms with Crippen molar-refractivity contribution in [3.63, 3.8) is 0 Å². The Morgan fingerprint density at radius 3 is 2.31 bits per heavy atom. The number of hydrogen-bond donors (Lipinski definition) is 4. The highest BCUT2D eigenvalue weighted by atomic mass is 32.1. The fourth-order valence-corrected chi connectivity index (χ4v) is 5.61. The molecule has 0 aliphatic carbocycles. The van der Waals surface area contributed by atoms with Gasteiger partial charge in [-0.05, 0) is 28.8 Å². The summed E-state index contributed by atoms with van der Waals surface area (Å²) < 4.78 is 7.19. The van der Waals surface area contributed by atoms with Crippen molar-refractivity contribution < 1.29 is 30.0 Å². The Labute approximate surface area is 229 Å². The molecule has 2 heterocycles. The lowest BCUT2D eigenvalue weighted by atomic mass is 9.87. The number of carbonyl (C=O) groups excluding carboxylic acids is 1. The van der Waals surface area contributed by atoms with Crippen LogP contribution in [0.5, 0.6) is 0 Å². The normalized spacial score (nSPS) is 22.9. The van der Waals surface area contributed by atoms with Crippen molar-refractivity contribution in [3.05, 3.63) is 88.6 Å². The Kier molecular flexibility index (Phi) is 7.42. The van der Waals surface area contributed by atoms with E-state index in [1.54, 1.807) is 30.3 Å². The molecule has 39 heavy (non-hydrogen) atoms. The first kappa shape index (κ1) is 26.8. The van der Waals surface area contributed by atoms with Crippen LogP contribution in [0.3, 0.4) is 0 Å². The maximum absolute atomic E-state index is 13.5. The molecule has 1 aliphatic heterocycles. The van der Waals surface area contributed by atoms with Crippen molar-refractivity contribution in [1.29, 1.82) is 5.26 Å². The minimum atomic E-state index is -1.69. The molecule has 1 aromatic heterocycles. The Hall–Kier alpha value is -3.75. The molecule has 4 aromatic rings. The Bertz CT molecular complexity index is 1660. The van der Waals surface area contributed by atoms with E-state index in [2.05, 4.69) is 6.07 Å². The van der Waals surface area contributed by atoms with Crippen LogP contribution in [0, 0.1) is 16.0 Å². The van der Waals surface area contributed by atoms with Gasteiger partial charge in [-0.25, -0.2) is 0 Å². The second-order valence-corrected chi connectivity index (χ2v) is 9.82. The Balaban J connectivity index is 1.95. The van der Waals surface area contributed by atoms with Gasteiger partial charge in [-0.3, -0.25) is 4.79 Å². The van der Waals surface area contributed by atoms with E-state index in [9.17, 15) is 30.5 Å². The lowest BCUT2D eigenvalue weighted by Gasteiger charge is -2.42. The molecule has 0 unspecified atom stereocenters. The van der Waals surface area contributed by atoms with Crippen LogP contribution >= 0.6 is 12.2 Å². The van der Waals surface area contributed by atoms with Crippen LogP contribution in [0.2, 0.25) is 0 Å². The minimum Gasteiger partial charge on any atom is -0.394 e.